The van der Waals surface area contributed by atoms with Crippen molar-refractivity contribution in [2.75, 3.05) is 7.11 Å². The van der Waals surface area contributed by atoms with Crippen molar-refractivity contribution in [2.24, 2.45) is 0 Å². The maximum Gasteiger partial charge on any atom is 0.165 e. The van der Waals surface area contributed by atoms with Crippen LogP contribution in [0.15, 0.2) is 42.5 Å². The minimum atomic E-state index is -0.489. The van der Waals surface area contributed by atoms with Crippen LogP contribution >= 0.6 is 11.6 Å². The Bertz CT molecular complexity index is 572. The minimum absolute atomic E-state index is 0.165. The van der Waals surface area contributed by atoms with Gasteiger partial charge in [0.2, 0.25) is 0 Å². The van der Waals surface area contributed by atoms with Gasteiger partial charge in [-0.3, -0.25) is 0 Å². The summed E-state index contributed by atoms with van der Waals surface area (Å²) in [5, 5.41) is -0.489. The lowest BCUT2D eigenvalue weighted by atomic mass is 10.0. The molecule has 0 aliphatic heterocycles. The second-order valence-electron chi connectivity index (χ2n) is 4.16. The third-order valence-corrected chi connectivity index (χ3v) is 3.30. The maximum absolute atomic E-state index is 13.6. The summed E-state index contributed by atoms with van der Waals surface area (Å²) in [6.45, 7) is 0. The highest BCUT2D eigenvalue weighted by atomic mass is 35.5. The summed E-state index contributed by atoms with van der Waals surface area (Å²) >= 11 is 6.21. The van der Waals surface area contributed by atoms with Gasteiger partial charge in [-0.25, -0.2) is 8.78 Å². The first kappa shape index (κ1) is 13.8. The van der Waals surface area contributed by atoms with Gasteiger partial charge in [-0.05, 0) is 35.7 Å². The van der Waals surface area contributed by atoms with Gasteiger partial charge in [-0.2, -0.15) is 0 Å². The summed E-state index contributed by atoms with van der Waals surface area (Å²) < 4.78 is 31.9. The molecule has 0 saturated carbocycles. The molecule has 2 aromatic carbocycles. The van der Waals surface area contributed by atoms with Gasteiger partial charge in [-0.15, -0.1) is 11.6 Å². The highest BCUT2D eigenvalue weighted by Gasteiger charge is 2.14. The molecule has 1 nitrogen and oxygen atoms in total. The maximum atomic E-state index is 13.6. The first-order valence-electron chi connectivity index (χ1n) is 5.82. The lowest BCUT2D eigenvalue weighted by molar-refractivity contribution is 0.386. The molecular formula is C15H13ClF2O. The van der Waals surface area contributed by atoms with Crippen LogP contribution in [0.5, 0.6) is 5.75 Å². The molecule has 0 aromatic heterocycles. The lowest BCUT2D eigenvalue weighted by Crippen LogP contribution is -1.99. The fraction of sp³-hybridized carbons (Fsp3) is 0.200. The molecule has 0 N–H and O–H groups in total. The molecule has 0 fully saturated rings. The van der Waals surface area contributed by atoms with E-state index in [0.29, 0.717) is 17.5 Å². The molecule has 0 aliphatic carbocycles. The van der Waals surface area contributed by atoms with E-state index in [0.717, 1.165) is 0 Å². The van der Waals surface area contributed by atoms with Crippen molar-refractivity contribution in [1.29, 1.82) is 0 Å². The van der Waals surface area contributed by atoms with Crippen LogP contribution in [0.2, 0.25) is 0 Å². The highest BCUT2D eigenvalue weighted by Crippen LogP contribution is 2.29. The average molecular weight is 283 g/mol. The van der Waals surface area contributed by atoms with Gasteiger partial charge >= 0.3 is 0 Å². The van der Waals surface area contributed by atoms with E-state index in [4.69, 9.17) is 16.3 Å². The molecule has 0 heterocycles. The smallest absolute Gasteiger partial charge is 0.165 e. The molecule has 1 atom stereocenters. The molecule has 0 bridgehead atoms. The second-order valence-corrected chi connectivity index (χ2v) is 4.68. The van der Waals surface area contributed by atoms with Gasteiger partial charge in [-0.1, -0.05) is 24.3 Å². The van der Waals surface area contributed by atoms with Crippen molar-refractivity contribution in [3.63, 3.8) is 0 Å². The van der Waals surface area contributed by atoms with Crippen molar-refractivity contribution in [2.45, 2.75) is 11.8 Å². The van der Waals surface area contributed by atoms with Crippen molar-refractivity contribution in [3.05, 3.63) is 65.2 Å². The quantitative estimate of drug-likeness (QED) is 0.751. The molecule has 100 valence electrons. The Balaban J connectivity index is 2.18. The zero-order valence-electron chi connectivity index (χ0n) is 10.4. The molecule has 0 aliphatic rings. The molecule has 19 heavy (non-hydrogen) atoms. The van der Waals surface area contributed by atoms with Gasteiger partial charge in [0.15, 0.2) is 11.6 Å². The number of benzene rings is 2. The number of alkyl halides is 1. The normalized spacial score (nSPS) is 12.2. The molecule has 0 radical (unpaired) electrons. The van der Waals surface area contributed by atoms with Crippen molar-refractivity contribution in [1.82, 2.24) is 0 Å². The summed E-state index contributed by atoms with van der Waals surface area (Å²) in [5.41, 5.74) is 1.11. The molecule has 0 spiro atoms. The van der Waals surface area contributed by atoms with E-state index in [1.165, 1.54) is 25.3 Å². The number of rotatable bonds is 4. The van der Waals surface area contributed by atoms with Crippen LogP contribution in [0.25, 0.3) is 0 Å². The fourth-order valence-corrected chi connectivity index (χ4v) is 2.15. The van der Waals surface area contributed by atoms with E-state index >= 15 is 0 Å². The second kappa shape index (κ2) is 6.02. The standard InChI is InChI=1S/C15H13ClF2O/c1-19-15-7-6-10(9-14(15)18)12(16)8-11-4-2-3-5-13(11)17/h2-7,9,12H,8H2,1H3. The summed E-state index contributed by atoms with van der Waals surface area (Å²) in [4.78, 5) is 0. The van der Waals surface area contributed by atoms with Crippen LogP contribution in [0.1, 0.15) is 16.5 Å². The molecule has 0 saturated heterocycles. The molecule has 0 amide bonds. The van der Waals surface area contributed by atoms with Crippen LogP contribution in [0, 0.1) is 11.6 Å². The molecule has 2 rings (SSSR count). The fourth-order valence-electron chi connectivity index (χ4n) is 1.85. The lowest BCUT2D eigenvalue weighted by Gasteiger charge is -2.12. The summed E-state index contributed by atoms with van der Waals surface area (Å²) in [5.74, 6) is -0.611. The van der Waals surface area contributed by atoms with Crippen LogP contribution in [-0.2, 0) is 6.42 Å². The third kappa shape index (κ3) is 3.24. The summed E-state index contributed by atoms with van der Waals surface area (Å²) in [6, 6.07) is 10.9. The number of hydrogen-bond acceptors (Lipinski definition) is 1. The largest absolute Gasteiger partial charge is 0.494 e. The third-order valence-electron chi connectivity index (χ3n) is 2.89. The Hall–Kier alpha value is -1.61. The Morgan fingerprint density at radius 3 is 2.47 bits per heavy atom. The summed E-state index contributed by atoms with van der Waals surface area (Å²) in [7, 11) is 1.40. The van der Waals surface area contributed by atoms with Crippen LogP contribution < -0.4 is 4.74 Å². The van der Waals surface area contributed by atoms with E-state index in [9.17, 15) is 8.78 Å². The van der Waals surface area contributed by atoms with Crippen LogP contribution in [0.3, 0.4) is 0 Å². The minimum Gasteiger partial charge on any atom is -0.494 e. The molecule has 4 heteroatoms. The Labute approximate surface area is 115 Å². The number of ether oxygens (including phenoxy) is 1. The van der Waals surface area contributed by atoms with Gasteiger partial charge in [0.05, 0.1) is 12.5 Å². The van der Waals surface area contributed by atoms with Crippen LogP contribution in [-0.4, -0.2) is 7.11 Å². The first-order valence-corrected chi connectivity index (χ1v) is 6.26. The topological polar surface area (TPSA) is 9.23 Å². The highest BCUT2D eigenvalue weighted by molar-refractivity contribution is 6.20. The SMILES string of the molecule is COc1ccc(C(Cl)Cc2ccccc2F)cc1F. The zero-order valence-corrected chi connectivity index (χ0v) is 11.1. The molecular weight excluding hydrogens is 270 g/mol. The van der Waals surface area contributed by atoms with Gasteiger partial charge < -0.3 is 4.74 Å². The van der Waals surface area contributed by atoms with Crippen molar-refractivity contribution >= 4 is 11.6 Å². The van der Waals surface area contributed by atoms with E-state index in [1.54, 1.807) is 24.3 Å². The van der Waals surface area contributed by atoms with E-state index < -0.39 is 11.2 Å². The van der Waals surface area contributed by atoms with E-state index in [-0.39, 0.29) is 11.6 Å². The Kier molecular flexibility index (Phi) is 4.38. The zero-order chi connectivity index (χ0) is 13.8. The summed E-state index contributed by atoms with van der Waals surface area (Å²) in [6.07, 6.45) is 0.306. The monoisotopic (exact) mass is 282 g/mol. The number of methoxy groups -OCH3 is 1. The Morgan fingerprint density at radius 1 is 1.11 bits per heavy atom. The van der Waals surface area contributed by atoms with Gasteiger partial charge in [0.25, 0.3) is 0 Å². The van der Waals surface area contributed by atoms with Gasteiger partial charge in [0.1, 0.15) is 5.82 Å². The van der Waals surface area contributed by atoms with Crippen molar-refractivity contribution in [3.8, 4) is 5.75 Å². The number of hydrogen-bond donors (Lipinski definition) is 0. The Morgan fingerprint density at radius 2 is 1.84 bits per heavy atom. The first-order chi connectivity index (χ1) is 9.11. The van der Waals surface area contributed by atoms with E-state index in [1.807, 2.05) is 0 Å². The average Bonchev–Trinajstić information content (AvgIpc) is 2.41. The molecule has 1 unspecified atom stereocenters. The predicted molar refractivity (Wildman–Crippen MR) is 71.7 cm³/mol. The van der Waals surface area contributed by atoms with Gasteiger partial charge in [0, 0.05) is 0 Å². The van der Waals surface area contributed by atoms with Crippen molar-refractivity contribution < 1.29 is 13.5 Å². The molecule has 2 aromatic rings. The number of halogens is 3. The van der Waals surface area contributed by atoms with E-state index in [2.05, 4.69) is 0 Å². The van der Waals surface area contributed by atoms with Crippen LogP contribution in [0.4, 0.5) is 8.78 Å². The predicted octanol–water partition coefficient (Wildman–Crippen LogP) is 4.50.